The summed E-state index contributed by atoms with van der Waals surface area (Å²) in [4.78, 5) is 13.0. The summed E-state index contributed by atoms with van der Waals surface area (Å²) in [5, 5.41) is 12.2. The maximum absolute atomic E-state index is 11.3. The number of carbonyl (C=O) groups is 1. The molecule has 0 aliphatic carbocycles. The van der Waals surface area contributed by atoms with E-state index in [1.807, 2.05) is 13.8 Å². The van der Waals surface area contributed by atoms with E-state index in [0.717, 1.165) is 0 Å². The van der Waals surface area contributed by atoms with Gasteiger partial charge in [-0.3, -0.25) is 4.79 Å². The molecule has 1 fully saturated rings. The summed E-state index contributed by atoms with van der Waals surface area (Å²) in [6, 6.07) is 0.176. The first-order valence-electron chi connectivity index (χ1n) is 3.78. The molecular weight excluding hydrogens is 176 g/mol. The lowest BCUT2D eigenvalue weighted by molar-refractivity contribution is -0.129. The molecule has 0 atom stereocenters. The summed E-state index contributed by atoms with van der Waals surface area (Å²) >= 11 is 1.30. The quantitative estimate of drug-likeness (QED) is 0.488. The highest BCUT2D eigenvalue weighted by Gasteiger charge is 2.24. The van der Waals surface area contributed by atoms with Crippen LogP contribution in [0.4, 0.5) is 0 Å². The molecule has 68 valence electrons. The Bertz CT molecular complexity index is 215. The third-order valence-corrected chi connectivity index (χ3v) is 2.66. The summed E-state index contributed by atoms with van der Waals surface area (Å²) in [5.74, 6) is 0.500. The molecule has 4 nitrogen and oxygen atoms in total. The molecule has 12 heavy (non-hydrogen) atoms. The Labute approximate surface area is 75.6 Å². The highest BCUT2D eigenvalue weighted by molar-refractivity contribution is 8.14. The van der Waals surface area contributed by atoms with Gasteiger partial charge in [-0.25, -0.2) is 0 Å². The van der Waals surface area contributed by atoms with Crippen LogP contribution in [0.2, 0.25) is 0 Å². The first-order chi connectivity index (χ1) is 5.65. The summed E-state index contributed by atoms with van der Waals surface area (Å²) in [6.45, 7) is 4.34. The first-order valence-corrected chi connectivity index (χ1v) is 4.77. The van der Waals surface area contributed by atoms with Gasteiger partial charge in [-0.05, 0) is 13.8 Å². The number of oxime groups is 1. The van der Waals surface area contributed by atoms with Gasteiger partial charge in [0.25, 0.3) is 0 Å². The predicted molar refractivity (Wildman–Crippen MR) is 48.5 cm³/mol. The molecule has 1 aliphatic heterocycles. The molecule has 0 aromatic heterocycles. The van der Waals surface area contributed by atoms with Crippen LogP contribution in [0.5, 0.6) is 0 Å². The summed E-state index contributed by atoms with van der Waals surface area (Å²) in [5.41, 5.74) is 0. The van der Waals surface area contributed by atoms with E-state index in [1.165, 1.54) is 11.8 Å². The minimum atomic E-state index is 0.113. The number of rotatable bonds is 1. The molecule has 0 saturated carbocycles. The number of hydrogen-bond acceptors (Lipinski definition) is 4. The standard InChI is InChI=1S/C7H12N2O2S/c1-5(2)9-3-6(8-11)12-4-7(9)10/h5,11H,3-4H2,1-2H3. The Morgan fingerprint density at radius 2 is 2.33 bits per heavy atom. The maximum Gasteiger partial charge on any atom is 0.233 e. The van der Waals surface area contributed by atoms with Crippen LogP contribution < -0.4 is 0 Å². The molecule has 5 heteroatoms. The topological polar surface area (TPSA) is 52.9 Å². The third-order valence-electron chi connectivity index (χ3n) is 1.72. The van der Waals surface area contributed by atoms with Crippen molar-refractivity contribution in [1.82, 2.24) is 4.90 Å². The summed E-state index contributed by atoms with van der Waals surface area (Å²) in [7, 11) is 0. The molecule has 0 spiro atoms. The minimum Gasteiger partial charge on any atom is -0.410 e. The Hall–Kier alpha value is -0.710. The van der Waals surface area contributed by atoms with Crippen molar-refractivity contribution in [3.05, 3.63) is 0 Å². The highest BCUT2D eigenvalue weighted by atomic mass is 32.2. The lowest BCUT2D eigenvalue weighted by Crippen LogP contribution is -2.44. The van der Waals surface area contributed by atoms with Crippen molar-refractivity contribution in [2.45, 2.75) is 19.9 Å². The van der Waals surface area contributed by atoms with E-state index in [4.69, 9.17) is 5.21 Å². The van der Waals surface area contributed by atoms with Gasteiger partial charge in [-0.1, -0.05) is 16.9 Å². The van der Waals surface area contributed by atoms with E-state index in [1.54, 1.807) is 4.90 Å². The molecular formula is C7H12N2O2S. The highest BCUT2D eigenvalue weighted by Crippen LogP contribution is 2.16. The predicted octanol–water partition coefficient (Wildman–Crippen LogP) is 0.758. The number of nitrogens with zero attached hydrogens (tertiary/aromatic N) is 2. The lowest BCUT2D eigenvalue weighted by Gasteiger charge is -2.30. The minimum absolute atomic E-state index is 0.113. The van der Waals surface area contributed by atoms with Crippen LogP contribution in [-0.2, 0) is 4.79 Å². The molecule has 0 aromatic rings. The summed E-state index contributed by atoms with van der Waals surface area (Å²) < 4.78 is 0. The van der Waals surface area contributed by atoms with Gasteiger partial charge in [0.05, 0.1) is 12.3 Å². The van der Waals surface area contributed by atoms with Crippen LogP contribution in [0, 0.1) is 0 Å². The average Bonchev–Trinajstić information content (AvgIpc) is 2.05. The Morgan fingerprint density at radius 1 is 1.67 bits per heavy atom. The van der Waals surface area contributed by atoms with Crippen LogP contribution in [0.3, 0.4) is 0 Å². The molecule has 1 heterocycles. The molecule has 0 bridgehead atoms. The zero-order valence-corrected chi connectivity index (χ0v) is 7.97. The van der Waals surface area contributed by atoms with Crippen molar-refractivity contribution in [2.24, 2.45) is 5.16 Å². The fraction of sp³-hybridized carbons (Fsp3) is 0.714. The zero-order valence-electron chi connectivity index (χ0n) is 7.15. The van der Waals surface area contributed by atoms with Crippen molar-refractivity contribution in [3.8, 4) is 0 Å². The van der Waals surface area contributed by atoms with Gasteiger partial charge in [-0.15, -0.1) is 0 Å². The van der Waals surface area contributed by atoms with E-state index in [9.17, 15) is 4.79 Å². The number of hydrogen-bond donors (Lipinski definition) is 1. The molecule has 1 rings (SSSR count). The number of thioether (sulfide) groups is 1. The SMILES string of the molecule is CC(C)N1CC(=NO)SCC1=O. The van der Waals surface area contributed by atoms with Gasteiger partial charge in [0, 0.05) is 6.04 Å². The maximum atomic E-state index is 11.3. The van der Waals surface area contributed by atoms with Gasteiger partial charge < -0.3 is 10.1 Å². The van der Waals surface area contributed by atoms with Crippen molar-refractivity contribution in [1.29, 1.82) is 0 Å². The monoisotopic (exact) mass is 188 g/mol. The van der Waals surface area contributed by atoms with Crippen LogP contribution >= 0.6 is 11.8 Å². The van der Waals surface area contributed by atoms with Gasteiger partial charge >= 0.3 is 0 Å². The number of amides is 1. The molecule has 0 radical (unpaired) electrons. The van der Waals surface area contributed by atoms with Crippen LogP contribution in [0.25, 0.3) is 0 Å². The van der Waals surface area contributed by atoms with Gasteiger partial charge in [-0.2, -0.15) is 0 Å². The van der Waals surface area contributed by atoms with Crippen molar-refractivity contribution in [3.63, 3.8) is 0 Å². The molecule has 1 amide bonds. The van der Waals surface area contributed by atoms with E-state index in [-0.39, 0.29) is 11.9 Å². The van der Waals surface area contributed by atoms with E-state index < -0.39 is 0 Å². The fourth-order valence-corrected chi connectivity index (χ4v) is 1.78. The Balaban J connectivity index is 2.65. The lowest BCUT2D eigenvalue weighted by atomic mass is 10.3. The van der Waals surface area contributed by atoms with E-state index in [0.29, 0.717) is 17.3 Å². The largest absolute Gasteiger partial charge is 0.410 e. The normalized spacial score (nSPS) is 22.4. The van der Waals surface area contributed by atoms with Crippen LogP contribution in [0.15, 0.2) is 5.16 Å². The van der Waals surface area contributed by atoms with E-state index in [2.05, 4.69) is 5.16 Å². The molecule has 1 aliphatic rings. The van der Waals surface area contributed by atoms with E-state index >= 15 is 0 Å². The smallest absolute Gasteiger partial charge is 0.233 e. The van der Waals surface area contributed by atoms with Crippen molar-refractivity contribution < 1.29 is 10.0 Å². The summed E-state index contributed by atoms with van der Waals surface area (Å²) in [6.07, 6.45) is 0. The second-order valence-electron chi connectivity index (χ2n) is 2.90. The fourth-order valence-electron chi connectivity index (χ4n) is 1.04. The number of carbonyl (C=O) groups excluding carboxylic acids is 1. The molecule has 1 N–H and O–H groups in total. The van der Waals surface area contributed by atoms with Crippen molar-refractivity contribution in [2.75, 3.05) is 12.3 Å². The molecule has 0 aromatic carbocycles. The molecule has 1 saturated heterocycles. The zero-order chi connectivity index (χ0) is 9.14. The van der Waals surface area contributed by atoms with Crippen LogP contribution in [0.1, 0.15) is 13.8 Å². The third kappa shape index (κ3) is 1.91. The van der Waals surface area contributed by atoms with Gasteiger partial charge in [0.15, 0.2) is 0 Å². The Kier molecular flexibility index (Phi) is 2.97. The first kappa shape index (κ1) is 9.38. The van der Waals surface area contributed by atoms with Crippen LogP contribution in [-0.4, -0.2) is 39.4 Å². The second-order valence-corrected chi connectivity index (χ2v) is 3.95. The average molecular weight is 188 g/mol. The van der Waals surface area contributed by atoms with Gasteiger partial charge in [0.2, 0.25) is 5.91 Å². The molecule has 0 unspecified atom stereocenters. The second kappa shape index (κ2) is 3.80. The van der Waals surface area contributed by atoms with Crippen molar-refractivity contribution >= 4 is 22.7 Å². The van der Waals surface area contributed by atoms with Gasteiger partial charge in [0.1, 0.15) is 5.04 Å². The Morgan fingerprint density at radius 3 is 2.83 bits per heavy atom.